The number of urea groups is 1. The Balaban J connectivity index is 1.29. The molecule has 4 amide bonds. The minimum atomic E-state index is -5.07. The number of rotatable bonds is 16. The molecular formula is C41H35F4N9O5S. The molecule has 0 radical (unpaired) electrons. The molecule has 4 aromatic carbocycles. The van der Waals surface area contributed by atoms with E-state index in [1.165, 1.54) is 54.0 Å². The zero-order valence-corrected chi connectivity index (χ0v) is 32.3. The molecule has 0 aliphatic rings. The van der Waals surface area contributed by atoms with Gasteiger partial charge in [0, 0.05) is 67.8 Å². The molecular weight excluding hydrogens is 807 g/mol. The Morgan fingerprint density at radius 3 is 1.43 bits per heavy atom. The lowest BCUT2D eigenvalue weighted by atomic mass is 10.0. The minimum Gasteiger partial charge on any atom is -0.325 e. The van der Waals surface area contributed by atoms with Gasteiger partial charge in [-0.25, -0.2) is 27.1 Å². The number of anilines is 2. The second kappa shape index (κ2) is 18.6. The number of halogens is 4. The molecule has 3 N–H and O–H groups in total. The molecule has 2 heterocycles. The van der Waals surface area contributed by atoms with E-state index in [2.05, 4.69) is 43.1 Å². The van der Waals surface area contributed by atoms with E-state index in [4.69, 9.17) is 0 Å². The zero-order chi connectivity index (χ0) is 43.0. The maximum absolute atomic E-state index is 14.3. The van der Waals surface area contributed by atoms with Gasteiger partial charge in [0.2, 0.25) is 11.8 Å². The van der Waals surface area contributed by atoms with Crippen LogP contribution in [0.5, 0.6) is 0 Å². The number of carbonyl (C=O) groups excluding carboxylic acids is 3. The number of hydrogen-bond acceptors (Lipinski definition) is 9. The Morgan fingerprint density at radius 1 is 0.600 bits per heavy atom. The van der Waals surface area contributed by atoms with Gasteiger partial charge in [-0.1, -0.05) is 12.2 Å². The monoisotopic (exact) mass is 841 g/mol. The highest BCUT2D eigenvalue weighted by atomic mass is 32.2. The molecule has 0 bridgehead atoms. The smallest absolute Gasteiger partial charge is 0.325 e. The first-order valence-corrected chi connectivity index (χ1v) is 19.5. The van der Waals surface area contributed by atoms with Crippen LogP contribution in [0, 0.1) is 23.3 Å². The molecule has 6 aromatic rings. The van der Waals surface area contributed by atoms with Crippen LogP contribution in [0.4, 0.5) is 33.7 Å². The summed E-state index contributed by atoms with van der Waals surface area (Å²) in [7, 11) is -5.07. The van der Waals surface area contributed by atoms with Crippen molar-refractivity contribution < 1.29 is 40.4 Å². The van der Waals surface area contributed by atoms with E-state index in [1.807, 2.05) is 0 Å². The molecule has 0 aliphatic heterocycles. The SMILES string of the molecule is C=CCN(C(=O)[C@H](Cc1cc(F)cc(F)c1)NC(=O)NS(=O)(=O)N[C@@H](Cc1cc(F)cc(F)c1)C(=O)N(CC=C)c1ccc2nccnc2c1)c1ccc2nccnc2c1. The molecule has 0 saturated carbocycles. The van der Waals surface area contributed by atoms with E-state index in [9.17, 15) is 40.4 Å². The third-order valence-corrected chi connectivity index (χ3v) is 9.88. The van der Waals surface area contributed by atoms with Gasteiger partial charge in [-0.15, -0.1) is 13.2 Å². The number of benzene rings is 4. The van der Waals surface area contributed by atoms with Crippen LogP contribution in [0.25, 0.3) is 22.1 Å². The Bertz CT molecular complexity index is 2680. The molecule has 0 spiro atoms. The summed E-state index contributed by atoms with van der Waals surface area (Å²) in [5.74, 6) is -5.70. The maximum atomic E-state index is 14.3. The fourth-order valence-corrected chi connectivity index (χ4v) is 7.27. The average Bonchev–Trinajstić information content (AvgIpc) is 3.19. The van der Waals surface area contributed by atoms with Crippen LogP contribution in [0.15, 0.2) is 123 Å². The van der Waals surface area contributed by atoms with Gasteiger partial charge in [0.25, 0.3) is 0 Å². The van der Waals surface area contributed by atoms with Crippen molar-refractivity contribution in [1.29, 1.82) is 0 Å². The molecule has 60 heavy (non-hydrogen) atoms. The van der Waals surface area contributed by atoms with Crippen molar-refractivity contribution in [2.24, 2.45) is 0 Å². The van der Waals surface area contributed by atoms with Crippen LogP contribution < -0.4 is 24.6 Å². The average molecular weight is 842 g/mol. The molecule has 2 aromatic heterocycles. The molecule has 0 saturated heterocycles. The summed E-state index contributed by atoms with van der Waals surface area (Å²) in [6, 6.07) is 9.25. The van der Waals surface area contributed by atoms with Gasteiger partial charge in [0.05, 0.1) is 22.1 Å². The molecule has 2 atom stereocenters. The predicted octanol–water partition coefficient (Wildman–Crippen LogP) is 5.22. The fourth-order valence-electron chi connectivity index (χ4n) is 6.35. The Labute approximate surface area is 340 Å². The van der Waals surface area contributed by atoms with Gasteiger partial charge in [0.15, 0.2) is 0 Å². The molecule has 308 valence electrons. The van der Waals surface area contributed by atoms with Gasteiger partial charge in [-0.05, 0) is 78.2 Å². The minimum absolute atomic E-state index is 0.0648. The maximum Gasteiger partial charge on any atom is 0.330 e. The lowest BCUT2D eigenvalue weighted by molar-refractivity contribution is -0.120. The standard InChI is InChI=1S/C41H35F4N9O5S/c1-3-13-53(31-5-7-33-35(23-31)48-11-9-46-33)39(55)37(19-25-15-27(42)21-28(43)16-25)50-41(57)52-60(58,59)51-38(20-26-17-29(44)22-30(45)18-26)40(56)54(14-4-2)32-6-8-34-36(24-32)49-12-10-47-34/h3-12,15-18,21-24,37-38,51H,1-2,13-14,19-20H2,(H2,50,52,57)/t37-,38-/m0/s1. The van der Waals surface area contributed by atoms with Crippen molar-refractivity contribution in [3.8, 4) is 0 Å². The van der Waals surface area contributed by atoms with Crippen LogP contribution >= 0.6 is 0 Å². The molecule has 0 aliphatic carbocycles. The van der Waals surface area contributed by atoms with E-state index >= 15 is 0 Å². The second-order valence-corrected chi connectivity index (χ2v) is 14.6. The quantitative estimate of drug-likeness (QED) is 0.0870. The van der Waals surface area contributed by atoms with Crippen LogP contribution in [-0.2, 0) is 32.6 Å². The summed E-state index contributed by atoms with van der Waals surface area (Å²) >= 11 is 0. The first-order valence-electron chi connectivity index (χ1n) is 18.0. The Kier molecular flexibility index (Phi) is 13.2. The number of aromatic nitrogens is 4. The Morgan fingerprint density at radius 2 is 1.00 bits per heavy atom. The largest absolute Gasteiger partial charge is 0.330 e. The summed E-state index contributed by atoms with van der Waals surface area (Å²) in [5.41, 5.74) is 2.14. The first-order chi connectivity index (χ1) is 28.7. The highest BCUT2D eigenvalue weighted by Crippen LogP contribution is 2.24. The highest BCUT2D eigenvalue weighted by molar-refractivity contribution is 7.88. The number of hydrogen-bond donors (Lipinski definition) is 3. The molecule has 0 fully saturated rings. The lowest BCUT2D eigenvalue weighted by Gasteiger charge is -2.28. The number of amides is 4. The molecule has 14 nitrogen and oxygen atoms in total. The van der Waals surface area contributed by atoms with Crippen molar-refractivity contribution in [1.82, 2.24) is 34.7 Å². The van der Waals surface area contributed by atoms with E-state index in [0.717, 1.165) is 29.2 Å². The van der Waals surface area contributed by atoms with Crippen molar-refractivity contribution in [3.63, 3.8) is 0 Å². The number of fused-ring (bicyclic) bond motifs is 2. The number of nitrogens with zero attached hydrogens (tertiary/aromatic N) is 6. The molecule has 0 unspecified atom stereocenters. The summed E-state index contributed by atoms with van der Waals surface area (Å²) < 4.78 is 88.4. The van der Waals surface area contributed by atoms with Crippen LogP contribution in [-0.4, -0.2) is 71.4 Å². The zero-order valence-electron chi connectivity index (χ0n) is 31.4. The summed E-state index contributed by atoms with van der Waals surface area (Å²) in [5, 5.41) is 2.27. The number of nitrogens with one attached hydrogen (secondary N) is 3. The van der Waals surface area contributed by atoms with Crippen LogP contribution in [0.2, 0.25) is 0 Å². The van der Waals surface area contributed by atoms with Crippen LogP contribution in [0.1, 0.15) is 11.1 Å². The van der Waals surface area contributed by atoms with Crippen molar-refractivity contribution in [2.75, 3.05) is 22.9 Å². The van der Waals surface area contributed by atoms with Crippen molar-refractivity contribution in [2.45, 2.75) is 24.9 Å². The van der Waals surface area contributed by atoms with E-state index < -0.39 is 76.2 Å². The lowest BCUT2D eigenvalue weighted by Crippen LogP contribution is -2.57. The molecule has 6 rings (SSSR count). The van der Waals surface area contributed by atoms with Gasteiger partial charge in [0.1, 0.15) is 35.4 Å². The van der Waals surface area contributed by atoms with Gasteiger partial charge in [-0.2, -0.15) is 13.1 Å². The van der Waals surface area contributed by atoms with Crippen molar-refractivity contribution >= 4 is 61.5 Å². The van der Waals surface area contributed by atoms with Gasteiger partial charge in [-0.3, -0.25) is 29.5 Å². The van der Waals surface area contributed by atoms with E-state index in [-0.39, 0.29) is 35.6 Å². The summed E-state index contributed by atoms with van der Waals surface area (Å²) in [6.45, 7) is 7.08. The van der Waals surface area contributed by atoms with Gasteiger partial charge < -0.3 is 15.1 Å². The second-order valence-electron chi connectivity index (χ2n) is 13.2. The van der Waals surface area contributed by atoms with Gasteiger partial charge >= 0.3 is 16.2 Å². The predicted molar refractivity (Wildman–Crippen MR) is 216 cm³/mol. The van der Waals surface area contributed by atoms with E-state index in [0.29, 0.717) is 34.2 Å². The Hall–Kier alpha value is -7.12. The first kappa shape index (κ1) is 42.5. The number of carbonyl (C=O) groups is 3. The summed E-state index contributed by atoms with van der Waals surface area (Å²) in [4.78, 5) is 61.3. The normalized spacial score (nSPS) is 12.3. The third kappa shape index (κ3) is 10.7. The molecule has 19 heteroatoms. The third-order valence-electron chi connectivity index (χ3n) is 8.83. The fraction of sp³-hybridized carbons (Fsp3) is 0.146. The topological polar surface area (TPSA) is 179 Å². The summed E-state index contributed by atoms with van der Waals surface area (Å²) in [6.07, 6.45) is 7.45. The highest BCUT2D eigenvalue weighted by Gasteiger charge is 2.33. The van der Waals surface area contributed by atoms with Crippen molar-refractivity contribution in [3.05, 3.63) is 157 Å². The van der Waals surface area contributed by atoms with Crippen LogP contribution in [0.3, 0.4) is 0 Å². The van der Waals surface area contributed by atoms with E-state index in [1.54, 1.807) is 29.0 Å².